The van der Waals surface area contributed by atoms with Crippen LogP contribution in [0.4, 0.5) is 0 Å². The molecule has 0 saturated heterocycles. The van der Waals surface area contributed by atoms with Crippen molar-refractivity contribution in [3.63, 3.8) is 0 Å². The predicted molar refractivity (Wildman–Crippen MR) is 126 cm³/mol. The molecular formula is C25H23N3O5S. The highest BCUT2D eigenvalue weighted by Gasteiger charge is 2.32. The lowest BCUT2D eigenvalue weighted by molar-refractivity contribution is -0.140. The summed E-state index contributed by atoms with van der Waals surface area (Å²) in [4.78, 5) is 41.5. The maximum absolute atomic E-state index is 13.4. The summed E-state index contributed by atoms with van der Waals surface area (Å²) in [6.07, 6.45) is 2.92. The molecule has 0 radical (unpaired) electrons. The Balaban J connectivity index is 1.58. The molecule has 1 atom stereocenters. The van der Waals surface area contributed by atoms with Crippen LogP contribution in [-0.4, -0.2) is 29.2 Å². The van der Waals surface area contributed by atoms with E-state index >= 15 is 0 Å². The lowest BCUT2D eigenvalue weighted by Crippen LogP contribution is -2.46. The molecule has 0 aliphatic carbocycles. The Kier molecular flexibility index (Phi) is 7.56. The first kappa shape index (κ1) is 23.1. The highest BCUT2D eigenvalue weighted by molar-refractivity contribution is 7.09. The first-order valence-electron chi connectivity index (χ1n) is 10.6. The third-order valence-corrected chi connectivity index (χ3v) is 5.93. The van der Waals surface area contributed by atoms with E-state index in [0.29, 0.717) is 11.3 Å². The summed E-state index contributed by atoms with van der Waals surface area (Å²) in [6.45, 7) is 0.103. The third-order valence-electron chi connectivity index (χ3n) is 5.06. The molecule has 0 aliphatic heterocycles. The average Bonchev–Trinajstić information content (AvgIpc) is 3.65. The van der Waals surface area contributed by atoms with Gasteiger partial charge >= 0.3 is 0 Å². The first-order valence-corrected chi connectivity index (χ1v) is 11.5. The first-order chi connectivity index (χ1) is 16.6. The molecule has 34 heavy (non-hydrogen) atoms. The van der Waals surface area contributed by atoms with Gasteiger partial charge in [-0.1, -0.05) is 36.4 Å². The van der Waals surface area contributed by atoms with E-state index in [2.05, 4.69) is 10.6 Å². The van der Waals surface area contributed by atoms with E-state index in [9.17, 15) is 14.4 Å². The van der Waals surface area contributed by atoms with E-state index < -0.39 is 17.9 Å². The van der Waals surface area contributed by atoms with Crippen LogP contribution in [0, 0.1) is 0 Å². The molecule has 174 valence electrons. The topological polar surface area (TPSA) is 105 Å². The Morgan fingerprint density at radius 3 is 2.35 bits per heavy atom. The zero-order chi connectivity index (χ0) is 23.8. The Morgan fingerprint density at radius 1 is 0.882 bits per heavy atom. The molecule has 0 spiro atoms. The van der Waals surface area contributed by atoms with Crippen LogP contribution in [0.2, 0.25) is 0 Å². The minimum Gasteiger partial charge on any atom is -0.467 e. The Bertz CT molecular complexity index is 1190. The molecule has 3 aromatic heterocycles. The van der Waals surface area contributed by atoms with Crippen molar-refractivity contribution >= 4 is 29.1 Å². The van der Waals surface area contributed by atoms with Gasteiger partial charge in [0.25, 0.3) is 5.91 Å². The number of amides is 3. The molecule has 3 amide bonds. The summed E-state index contributed by atoms with van der Waals surface area (Å²) in [7, 11) is 0. The average molecular weight is 478 g/mol. The fraction of sp³-hybridized carbons (Fsp3) is 0.160. The van der Waals surface area contributed by atoms with E-state index in [4.69, 9.17) is 8.83 Å². The SMILES string of the molecule is O=C(NCC(=O)N(Cc1cccs1)[C@@H](C(=O)NCc1ccco1)c1ccccc1)c1ccco1. The minimum atomic E-state index is -0.911. The van der Waals surface area contributed by atoms with E-state index in [-0.39, 0.29) is 31.3 Å². The van der Waals surface area contributed by atoms with E-state index in [1.165, 1.54) is 34.8 Å². The summed E-state index contributed by atoms with van der Waals surface area (Å²) < 4.78 is 10.4. The van der Waals surface area contributed by atoms with Gasteiger partial charge in [0.15, 0.2) is 5.76 Å². The van der Waals surface area contributed by atoms with Crippen molar-refractivity contribution in [2.75, 3.05) is 6.54 Å². The van der Waals surface area contributed by atoms with Gasteiger partial charge in [0, 0.05) is 4.88 Å². The lowest BCUT2D eigenvalue weighted by atomic mass is 10.0. The van der Waals surface area contributed by atoms with Gasteiger partial charge in [-0.05, 0) is 41.3 Å². The highest BCUT2D eigenvalue weighted by Crippen LogP contribution is 2.25. The van der Waals surface area contributed by atoms with Gasteiger partial charge in [-0.15, -0.1) is 11.3 Å². The predicted octanol–water partition coefficient (Wildman–Crippen LogP) is 3.75. The maximum Gasteiger partial charge on any atom is 0.287 e. The number of nitrogens with zero attached hydrogens (tertiary/aromatic N) is 1. The van der Waals surface area contributed by atoms with E-state index in [0.717, 1.165) is 4.88 Å². The van der Waals surface area contributed by atoms with Crippen LogP contribution in [0.5, 0.6) is 0 Å². The summed E-state index contributed by atoms with van der Waals surface area (Å²) in [5.41, 5.74) is 0.654. The minimum absolute atomic E-state index is 0.105. The van der Waals surface area contributed by atoms with Crippen LogP contribution in [0.3, 0.4) is 0 Å². The number of furan rings is 2. The number of rotatable bonds is 10. The van der Waals surface area contributed by atoms with Crippen molar-refractivity contribution in [1.29, 1.82) is 0 Å². The Morgan fingerprint density at radius 2 is 1.68 bits per heavy atom. The summed E-state index contributed by atoms with van der Waals surface area (Å²) >= 11 is 1.48. The molecule has 9 heteroatoms. The van der Waals surface area contributed by atoms with Crippen molar-refractivity contribution in [3.05, 3.63) is 107 Å². The maximum atomic E-state index is 13.4. The second kappa shape index (κ2) is 11.2. The van der Waals surface area contributed by atoms with Crippen LogP contribution in [-0.2, 0) is 22.7 Å². The van der Waals surface area contributed by atoms with Gasteiger partial charge in [0.1, 0.15) is 11.8 Å². The number of carbonyl (C=O) groups is 3. The van der Waals surface area contributed by atoms with Gasteiger partial charge < -0.3 is 24.4 Å². The second-order valence-electron chi connectivity index (χ2n) is 7.37. The number of thiophene rings is 1. The van der Waals surface area contributed by atoms with E-state index in [1.54, 1.807) is 30.3 Å². The monoisotopic (exact) mass is 477 g/mol. The van der Waals surface area contributed by atoms with Crippen LogP contribution in [0.1, 0.15) is 32.8 Å². The highest BCUT2D eigenvalue weighted by atomic mass is 32.1. The molecule has 0 aliphatic rings. The molecule has 1 aromatic carbocycles. The Hall–Kier alpha value is -4.11. The number of hydrogen-bond acceptors (Lipinski definition) is 6. The smallest absolute Gasteiger partial charge is 0.287 e. The fourth-order valence-corrected chi connectivity index (χ4v) is 4.14. The molecule has 4 rings (SSSR count). The summed E-state index contributed by atoms with van der Waals surface area (Å²) in [5.74, 6) is -0.566. The number of carbonyl (C=O) groups excluding carboxylic acids is 3. The van der Waals surface area contributed by atoms with Crippen molar-refractivity contribution in [1.82, 2.24) is 15.5 Å². The van der Waals surface area contributed by atoms with Gasteiger partial charge in [0.2, 0.25) is 11.8 Å². The van der Waals surface area contributed by atoms with Gasteiger partial charge in [-0.2, -0.15) is 0 Å². The molecule has 4 aromatic rings. The zero-order valence-electron chi connectivity index (χ0n) is 18.2. The normalized spacial score (nSPS) is 11.5. The van der Waals surface area contributed by atoms with Crippen molar-refractivity contribution in [2.45, 2.75) is 19.1 Å². The molecule has 0 fully saturated rings. The van der Waals surface area contributed by atoms with Crippen LogP contribution in [0.25, 0.3) is 0 Å². The van der Waals surface area contributed by atoms with Crippen molar-refractivity contribution < 1.29 is 23.2 Å². The van der Waals surface area contributed by atoms with Gasteiger partial charge in [0.05, 0.1) is 32.2 Å². The molecule has 8 nitrogen and oxygen atoms in total. The lowest BCUT2D eigenvalue weighted by Gasteiger charge is -2.31. The second-order valence-corrected chi connectivity index (χ2v) is 8.40. The molecular weight excluding hydrogens is 454 g/mol. The van der Waals surface area contributed by atoms with Crippen molar-refractivity contribution in [2.24, 2.45) is 0 Å². The molecule has 3 heterocycles. The molecule has 0 saturated carbocycles. The number of nitrogens with one attached hydrogen (secondary N) is 2. The molecule has 0 bridgehead atoms. The standard InChI is InChI=1S/C25H23N3O5S/c29-22(16-27-24(30)21-11-5-13-33-21)28(17-20-10-6-14-34-20)23(18-7-2-1-3-8-18)25(31)26-15-19-9-4-12-32-19/h1-14,23H,15-17H2,(H,26,31)(H,27,30)/t23-/m1/s1. The summed E-state index contributed by atoms with van der Waals surface area (Å²) in [6, 6.07) is 18.5. The van der Waals surface area contributed by atoms with E-state index in [1.807, 2.05) is 35.7 Å². The van der Waals surface area contributed by atoms with Gasteiger partial charge in [-0.3, -0.25) is 14.4 Å². The number of benzene rings is 1. The quantitative estimate of drug-likeness (QED) is 0.362. The number of hydrogen-bond donors (Lipinski definition) is 2. The molecule has 0 unspecified atom stereocenters. The zero-order valence-corrected chi connectivity index (χ0v) is 19.0. The molecule has 2 N–H and O–H groups in total. The Labute approximate surface area is 200 Å². The van der Waals surface area contributed by atoms with Crippen LogP contribution in [0.15, 0.2) is 93.5 Å². The van der Waals surface area contributed by atoms with Gasteiger partial charge in [-0.25, -0.2) is 0 Å². The largest absolute Gasteiger partial charge is 0.467 e. The van der Waals surface area contributed by atoms with Crippen LogP contribution >= 0.6 is 11.3 Å². The third kappa shape index (κ3) is 5.81. The summed E-state index contributed by atoms with van der Waals surface area (Å²) in [5, 5.41) is 7.35. The van der Waals surface area contributed by atoms with Crippen molar-refractivity contribution in [3.8, 4) is 0 Å². The van der Waals surface area contributed by atoms with Crippen LogP contribution < -0.4 is 10.6 Å². The fourth-order valence-electron chi connectivity index (χ4n) is 3.44.